The fraction of sp³-hybridized carbons (Fsp3) is 0.333. The number of aryl methyl sites for hydroxylation is 1. The molecule has 0 fully saturated rings. The molecule has 0 atom stereocenters. The molecule has 0 unspecified atom stereocenters. The van der Waals surface area contributed by atoms with E-state index >= 15 is 0 Å². The molecule has 0 saturated carbocycles. The fourth-order valence-electron chi connectivity index (χ4n) is 1.52. The first-order valence-corrected chi connectivity index (χ1v) is 5.98. The van der Waals surface area contributed by atoms with Crippen LogP contribution in [0.3, 0.4) is 0 Å². The van der Waals surface area contributed by atoms with Gasteiger partial charge in [-0.1, -0.05) is 6.07 Å². The Kier molecular flexibility index (Phi) is 4.61. The minimum absolute atomic E-state index is 0.0339. The third-order valence-corrected chi connectivity index (χ3v) is 2.48. The number of anilines is 1. The molecule has 0 spiro atoms. The maximum atomic E-state index is 11.9. The highest BCUT2D eigenvalue weighted by Gasteiger charge is 2.13. The van der Waals surface area contributed by atoms with Gasteiger partial charge >= 0.3 is 0 Å². The SMILES string of the molecule is COCCOc1cc(C)ccc1NC(=O)c1nn[nH]n1. The average Bonchev–Trinajstić information content (AvgIpc) is 2.96. The predicted molar refractivity (Wildman–Crippen MR) is 70.7 cm³/mol. The lowest BCUT2D eigenvalue weighted by atomic mass is 10.2. The molecule has 0 aliphatic rings. The van der Waals surface area contributed by atoms with Crippen molar-refractivity contribution in [1.29, 1.82) is 0 Å². The summed E-state index contributed by atoms with van der Waals surface area (Å²) in [6, 6.07) is 5.46. The Bertz CT molecular complexity index is 570. The molecular weight excluding hydrogens is 262 g/mol. The number of tetrazole rings is 1. The second-order valence-electron chi connectivity index (χ2n) is 4.03. The summed E-state index contributed by atoms with van der Waals surface area (Å²) in [5.74, 6) is 0.0755. The molecule has 20 heavy (non-hydrogen) atoms. The van der Waals surface area contributed by atoms with E-state index in [4.69, 9.17) is 9.47 Å². The molecule has 2 rings (SSSR count). The van der Waals surface area contributed by atoms with Gasteiger partial charge in [-0.3, -0.25) is 4.79 Å². The second kappa shape index (κ2) is 6.62. The molecule has 1 aromatic carbocycles. The molecule has 0 aliphatic carbocycles. The van der Waals surface area contributed by atoms with Crippen LogP contribution < -0.4 is 10.1 Å². The van der Waals surface area contributed by atoms with Gasteiger partial charge in [-0.2, -0.15) is 5.21 Å². The van der Waals surface area contributed by atoms with Crippen molar-refractivity contribution in [1.82, 2.24) is 20.6 Å². The molecule has 2 N–H and O–H groups in total. The van der Waals surface area contributed by atoms with Gasteiger partial charge in [0.25, 0.3) is 11.7 Å². The summed E-state index contributed by atoms with van der Waals surface area (Å²) >= 11 is 0. The van der Waals surface area contributed by atoms with Gasteiger partial charge in [0.05, 0.1) is 12.3 Å². The molecule has 8 heteroatoms. The van der Waals surface area contributed by atoms with Gasteiger partial charge in [-0.25, -0.2) is 0 Å². The Morgan fingerprint density at radius 2 is 2.25 bits per heavy atom. The number of methoxy groups -OCH3 is 1. The number of hydrogen-bond acceptors (Lipinski definition) is 6. The van der Waals surface area contributed by atoms with Crippen LogP contribution in [0.25, 0.3) is 0 Å². The molecule has 8 nitrogen and oxygen atoms in total. The minimum Gasteiger partial charge on any atom is -0.489 e. The van der Waals surface area contributed by atoms with Crippen LogP contribution in [-0.2, 0) is 4.74 Å². The lowest BCUT2D eigenvalue weighted by Crippen LogP contribution is -2.15. The summed E-state index contributed by atoms with van der Waals surface area (Å²) < 4.78 is 10.5. The largest absolute Gasteiger partial charge is 0.489 e. The smallest absolute Gasteiger partial charge is 0.297 e. The number of rotatable bonds is 6. The number of hydrogen-bond donors (Lipinski definition) is 2. The zero-order chi connectivity index (χ0) is 14.4. The maximum Gasteiger partial charge on any atom is 0.297 e. The van der Waals surface area contributed by atoms with E-state index in [-0.39, 0.29) is 5.82 Å². The maximum absolute atomic E-state index is 11.9. The molecule has 0 bridgehead atoms. The van der Waals surface area contributed by atoms with E-state index in [1.165, 1.54) is 0 Å². The first-order valence-electron chi connectivity index (χ1n) is 5.98. The van der Waals surface area contributed by atoms with Crippen LogP contribution in [0.2, 0.25) is 0 Å². The molecule has 0 saturated heterocycles. The number of carbonyl (C=O) groups is 1. The highest BCUT2D eigenvalue weighted by Crippen LogP contribution is 2.26. The highest BCUT2D eigenvalue weighted by molar-refractivity contribution is 6.02. The summed E-state index contributed by atoms with van der Waals surface area (Å²) in [6.07, 6.45) is 0. The Balaban J connectivity index is 2.11. The van der Waals surface area contributed by atoms with E-state index in [1.54, 1.807) is 13.2 Å². The third-order valence-electron chi connectivity index (χ3n) is 2.48. The van der Waals surface area contributed by atoms with E-state index in [9.17, 15) is 4.79 Å². The lowest BCUT2D eigenvalue weighted by Gasteiger charge is -2.12. The second-order valence-corrected chi connectivity index (χ2v) is 4.03. The van der Waals surface area contributed by atoms with Gasteiger partial charge in [-0.05, 0) is 29.8 Å². The number of H-pyrrole nitrogens is 1. The van der Waals surface area contributed by atoms with Gasteiger partial charge in [0.2, 0.25) is 0 Å². The van der Waals surface area contributed by atoms with Crippen molar-refractivity contribution < 1.29 is 14.3 Å². The number of carbonyl (C=O) groups excluding carboxylic acids is 1. The number of nitrogens with zero attached hydrogens (tertiary/aromatic N) is 3. The van der Waals surface area contributed by atoms with Crippen molar-refractivity contribution in [3.8, 4) is 5.75 Å². The quantitative estimate of drug-likeness (QED) is 0.757. The number of benzene rings is 1. The van der Waals surface area contributed by atoms with Gasteiger partial charge < -0.3 is 14.8 Å². The molecular formula is C12H15N5O3. The monoisotopic (exact) mass is 277 g/mol. The van der Waals surface area contributed by atoms with Crippen molar-refractivity contribution >= 4 is 11.6 Å². The molecule has 106 valence electrons. The Morgan fingerprint density at radius 1 is 1.40 bits per heavy atom. The molecule has 1 heterocycles. The van der Waals surface area contributed by atoms with Crippen LogP contribution in [-0.4, -0.2) is 46.9 Å². The van der Waals surface area contributed by atoms with Gasteiger partial charge in [0, 0.05) is 7.11 Å². The lowest BCUT2D eigenvalue weighted by molar-refractivity contribution is 0.101. The van der Waals surface area contributed by atoms with Crippen molar-refractivity contribution in [3.63, 3.8) is 0 Å². The van der Waals surface area contributed by atoms with Crippen molar-refractivity contribution in [2.24, 2.45) is 0 Å². The van der Waals surface area contributed by atoms with Crippen molar-refractivity contribution in [3.05, 3.63) is 29.6 Å². The number of aromatic amines is 1. The molecule has 1 aromatic heterocycles. The normalized spacial score (nSPS) is 10.3. The van der Waals surface area contributed by atoms with Crippen molar-refractivity contribution in [2.75, 3.05) is 25.6 Å². The zero-order valence-corrected chi connectivity index (χ0v) is 11.2. The van der Waals surface area contributed by atoms with Gasteiger partial charge in [0.1, 0.15) is 12.4 Å². The standard InChI is InChI=1S/C12H15N5O3/c1-8-3-4-9(10(7-8)20-6-5-19-2)13-12(18)11-14-16-17-15-11/h3-4,7H,5-6H2,1-2H3,(H,13,18)(H,14,15,16,17). The van der Waals surface area contributed by atoms with E-state index in [0.29, 0.717) is 24.7 Å². The molecule has 2 aromatic rings. The van der Waals surface area contributed by atoms with E-state index in [1.807, 2.05) is 19.1 Å². The number of nitrogens with one attached hydrogen (secondary N) is 2. The summed E-state index contributed by atoms with van der Waals surface area (Å²) in [6.45, 7) is 2.80. The average molecular weight is 277 g/mol. The minimum atomic E-state index is -0.459. The summed E-state index contributed by atoms with van der Waals surface area (Å²) in [7, 11) is 1.60. The highest BCUT2D eigenvalue weighted by atomic mass is 16.5. The van der Waals surface area contributed by atoms with Gasteiger partial charge in [-0.15, -0.1) is 10.2 Å². The van der Waals surface area contributed by atoms with Crippen LogP contribution in [0.1, 0.15) is 16.2 Å². The fourth-order valence-corrected chi connectivity index (χ4v) is 1.52. The van der Waals surface area contributed by atoms with Crippen LogP contribution in [0, 0.1) is 6.92 Å². The molecule has 0 radical (unpaired) electrons. The van der Waals surface area contributed by atoms with E-state index < -0.39 is 5.91 Å². The summed E-state index contributed by atoms with van der Waals surface area (Å²) in [5, 5.41) is 15.5. The third kappa shape index (κ3) is 3.51. The number of aromatic nitrogens is 4. The first-order chi connectivity index (χ1) is 9.70. The first kappa shape index (κ1) is 13.9. The van der Waals surface area contributed by atoms with Crippen LogP contribution in [0.15, 0.2) is 18.2 Å². The summed E-state index contributed by atoms with van der Waals surface area (Å²) in [4.78, 5) is 11.9. The molecule has 0 aliphatic heterocycles. The number of amides is 1. The van der Waals surface area contributed by atoms with E-state index in [2.05, 4.69) is 25.9 Å². The zero-order valence-electron chi connectivity index (χ0n) is 11.2. The Labute approximate surface area is 115 Å². The van der Waals surface area contributed by atoms with E-state index in [0.717, 1.165) is 5.56 Å². The van der Waals surface area contributed by atoms with Crippen LogP contribution >= 0.6 is 0 Å². The van der Waals surface area contributed by atoms with Crippen LogP contribution in [0.4, 0.5) is 5.69 Å². The predicted octanol–water partition coefficient (Wildman–Crippen LogP) is 0.786. The molecule has 1 amide bonds. The van der Waals surface area contributed by atoms with Gasteiger partial charge in [0.15, 0.2) is 0 Å². The Morgan fingerprint density at radius 3 is 2.95 bits per heavy atom. The van der Waals surface area contributed by atoms with Crippen molar-refractivity contribution in [2.45, 2.75) is 6.92 Å². The Hall–Kier alpha value is -2.48. The summed E-state index contributed by atoms with van der Waals surface area (Å²) in [5.41, 5.74) is 1.57. The number of ether oxygens (including phenoxy) is 2. The van der Waals surface area contributed by atoms with Crippen LogP contribution in [0.5, 0.6) is 5.75 Å². The topological polar surface area (TPSA) is 102 Å².